The molecule has 0 aliphatic heterocycles. The van der Waals surface area contributed by atoms with Crippen LogP contribution in [0, 0.1) is 19.7 Å². The summed E-state index contributed by atoms with van der Waals surface area (Å²) in [6.07, 6.45) is 1.66. The van der Waals surface area contributed by atoms with E-state index in [4.69, 9.17) is 4.42 Å². The standard InChI is InChI=1S/C13H14FNO/c1-9-3-4-11(14)7-12(9)15-8-13-10(2)5-6-16-13/h3-7,15H,8H2,1-2H3. The SMILES string of the molecule is Cc1ccc(F)cc1NCc1occc1C. The van der Waals surface area contributed by atoms with Gasteiger partial charge in [0.1, 0.15) is 11.6 Å². The molecule has 0 bridgehead atoms. The van der Waals surface area contributed by atoms with Gasteiger partial charge in [-0.05, 0) is 43.2 Å². The van der Waals surface area contributed by atoms with Gasteiger partial charge in [-0.2, -0.15) is 0 Å². The van der Waals surface area contributed by atoms with Gasteiger partial charge >= 0.3 is 0 Å². The van der Waals surface area contributed by atoms with Crippen LogP contribution in [0.4, 0.5) is 10.1 Å². The summed E-state index contributed by atoms with van der Waals surface area (Å²) < 4.78 is 18.3. The first-order valence-electron chi connectivity index (χ1n) is 5.20. The Bertz CT molecular complexity index is 490. The summed E-state index contributed by atoms with van der Waals surface area (Å²) in [5, 5.41) is 3.16. The highest BCUT2D eigenvalue weighted by atomic mass is 19.1. The molecule has 0 unspecified atom stereocenters. The highest BCUT2D eigenvalue weighted by Gasteiger charge is 2.03. The first-order chi connectivity index (χ1) is 7.66. The summed E-state index contributed by atoms with van der Waals surface area (Å²) >= 11 is 0. The zero-order valence-electron chi connectivity index (χ0n) is 9.38. The fraction of sp³-hybridized carbons (Fsp3) is 0.231. The van der Waals surface area contributed by atoms with E-state index in [1.165, 1.54) is 12.1 Å². The first kappa shape index (κ1) is 10.7. The third-order valence-corrected chi connectivity index (χ3v) is 2.61. The molecule has 1 heterocycles. The number of aryl methyl sites for hydroxylation is 2. The van der Waals surface area contributed by atoms with Gasteiger partial charge in [-0.3, -0.25) is 0 Å². The van der Waals surface area contributed by atoms with Crippen molar-refractivity contribution in [1.82, 2.24) is 0 Å². The van der Waals surface area contributed by atoms with E-state index in [0.717, 1.165) is 22.6 Å². The van der Waals surface area contributed by atoms with Crippen LogP contribution in [0.25, 0.3) is 0 Å². The van der Waals surface area contributed by atoms with Crippen LogP contribution in [-0.4, -0.2) is 0 Å². The maximum absolute atomic E-state index is 13.0. The lowest BCUT2D eigenvalue weighted by Gasteiger charge is -2.08. The molecule has 2 nitrogen and oxygen atoms in total. The molecule has 0 saturated heterocycles. The Kier molecular flexibility index (Phi) is 2.95. The molecule has 1 aromatic heterocycles. The molecule has 3 heteroatoms. The quantitative estimate of drug-likeness (QED) is 0.852. The largest absolute Gasteiger partial charge is 0.467 e. The number of nitrogens with one attached hydrogen (secondary N) is 1. The summed E-state index contributed by atoms with van der Waals surface area (Å²) in [5.41, 5.74) is 2.92. The van der Waals surface area contributed by atoms with Gasteiger partial charge in [0.25, 0.3) is 0 Å². The Morgan fingerprint density at radius 2 is 2.00 bits per heavy atom. The van der Waals surface area contributed by atoms with E-state index in [1.54, 1.807) is 12.3 Å². The van der Waals surface area contributed by atoms with E-state index < -0.39 is 0 Å². The van der Waals surface area contributed by atoms with E-state index in [9.17, 15) is 4.39 Å². The second-order valence-electron chi connectivity index (χ2n) is 3.84. The summed E-state index contributed by atoms with van der Waals surface area (Å²) in [5.74, 6) is 0.646. The van der Waals surface area contributed by atoms with Gasteiger partial charge < -0.3 is 9.73 Å². The highest BCUT2D eigenvalue weighted by Crippen LogP contribution is 2.18. The molecule has 0 fully saturated rings. The third-order valence-electron chi connectivity index (χ3n) is 2.61. The minimum absolute atomic E-state index is 0.232. The molecule has 0 aliphatic rings. The van der Waals surface area contributed by atoms with Crippen LogP contribution >= 0.6 is 0 Å². The Morgan fingerprint density at radius 3 is 2.69 bits per heavy atom. The summed E-state index contributed by atoms with van der Waals surface area (Å²) in [6, 6.07) is 6.62. The van der Waals surface area contributed by atoms with Gasteiger partial charge in [-0.1, -0.05) is 6.07 Å². The van der Waals surface area contributed by atoms with Gasteiger partial charge in [-0.15, -0.1) is 0 Å². The molecule has 16 heavy (non-hydrogen) atoms. The molecule has 1 aromatic carbocycles. The number of halogens is 1. The van der Waals surface area contributed by atoms with Gasteiger partial charge in [0.2, 0.25) is 0 Å². The molecule has 2 aromatic rings. The van der Waals surface area contributed by atoms with E-state index in [0.29, 0.717) is 6.54 Å². The molecule has 0 atom stereocenters. The lowest BCUT2D eigenvalue weighted by atomic mass is 10.2. The van der Waals surface area contributed by atoms with Crippen LogP contribution < -0.4 is 5.32 Å². The smallest absolute Gasteiger partial charge is 0.125 e. The van der Waals surface area contributed by atoms with Crippen molar-refractivity contribution in [3.05, 3.63) is 53.2 Å². The fourth-order valence-corrected chi connectivity index (χ4v) is 1.55. The molecule has 1 N–H and O–H groups in total. The van der Waals surface area contributed by atoms with Crippen molar-refractivity contribution in [2.24, 2.45) is 0 Å². The number of hydrogen-bond acceptors (Lipinski definition) is 2. The topological polar surface area (TPSA) is 25.2 Å². The van der Waals surface area contributed by atoms with Crippen molar-refractivity contribution in [2.45, 2.75) is 20.4 Å². The van der Waals surface area contributed by atoms with Crippen LogP contribution in [0.5, 0.6) is 0 Å². The van der Waals surface area contributed by atoms with Crippen molar-refractivity contribution in [2.75, 3.05) is 5.32 Å². The fourth-order valence-electron chi connectivity index (χ4n) is 1.55. The summed E-state index contributed by atoms with van der Waals surface area (Å²) in [4.78, 5) is 0. The Morgan fingerprint density at radius 1 is 1.19 bits per heavy atom. The molecule has 0 spiro atoms. The summed E-state index contributed by atoms with van der Waals surface area (Å²) in [6.45, 7) is 4.50. The Labute approximate surface area is 94.1 Å². The predicted octanol–water partition coefficient (Wildman–Crippen LogP) is 3.65. The minimum atomic E-state index is -0.232. The van der Waals surface area contributed by atoms with Crippen LogP contribution in [0.3, 0.4) is 0 Å². The lowest BCUT2D eigenvalue weighted by Crippen LogP contribution is -2.01. The van der Waals surface area contributed by atoms with E-state index in [-0.39, 0.29) is 5.82 Å². The highest BCUT2D eigenvalue weighted by molar-refractivity contribution is 5.50. The Hall–Kier alpha value is -1.77. The maximum atomic E-state index is 13.0. The normalized spacial score (nSPS) is 10.4. The number of hydrogen-bond donors (Lipinski definition) is 1. The van der Waals surface area contributed by atoms with Crippen molar-refractivity contribution in [1.29, 1.82) is 0 Å². The molecular formula is C13H14FNO. The average molecular weight is 219 g/mol. The van der Waals surface area contributed by atoms with Crippen molar-refractivity contribution in [3.63, 3.8) is 0 Å². The van der Waals surface area contributed by atoms with E-state index in [1.807, 2.05) is 19.9 Å². The van der Waals surface area contributed by atoms with Crippen LogP contribution in [0.15, 0.2) is 34.9 Å². The number of furan rings is 1. The van der Waals surface area contributed by atoms with E-state index >= 15 is 0 Å². The third kappa shape index (κ3) is 2.24. The molecule has 2 rings (SSSR count). The van der Waals surface area contributed by atoms with Gasteiger partial charge in [0.15, 0.2) is 0 Å². The van der Waals surface area contributed by atoms with Crippen LogP contribution in [0.1, 0.15) is 16.9 Å². The zero-order valence-corrected chi connectivity index (χ0v) is 9.38. The number of rotatable bonds is 3. The van der Waals surface area contributed by atoms with Gasteiger partial charge in [0.05, 0.1) is 12.8 Å². The van der Waals surface area contributed by atoms with Crippen LogP contribution in [0.2, 0.25) is 0 Å². The monoisotopic (exact) mass is 219 g/mol. The van der Waals surface area contributed by atoms with Gasteiger partial charge in [-0.25, -0.2) is 4.39 Å². The number of benzene rings is 1. The number of anilines is 1. The first-order valence-corrected chi connectivity index (χ1v) is 5.20. The predicted molar refractivity (Wildman–Crippen MR) is 61.9 cm³/mol. The molecule has 0 radical (unpaired) electrons. The second kappa shape index (κ2) is 4.39. The van der Waals surface area contributed by atoms with Gasteiger partial charge in [0, 0.05) is 5.69 Å². The van der Waals surface area contributed by atoms with Crippen molar-refractivity contribution in [3.8, 4) is 0 Å². The molecule has 84 valence electrons. The molecule has 0 saturated carbocycles. The van der Waals surface area contributed by atoms with Crippen molar-refractivity contribution >= 4 is 5.69 Å². The molecule has 0 amide bonds. The minimum Gasteiger partial charge on any atom is -0.467 e. The lowest BCUT2D eigenvalue weighted by molar-refractivity contribution is 0.515. The Balaban J connectivity index is 2.10. The van der Waals surface area contributed by atoms with E-state index in [2.05, 4.69) is 5.32 Å². The second-order valence-corrected chi connectivity index (χ2v) is 3.84. The van der Waals surface area contributed by atoms with Crippen LogP contribution in [-0.2, 0) is 6.54 Å². The maximum Gasteiger partial charge on any atom is 0.125 e. The molecular weight excluding hydrogens is 205 g/mol. The molecule has 0 aliphatic carbocycles. The zero-order chi connectivity index (χ0) is 11.5. The summed E-state index contributed by atoms with van der Waals surface area (Å²) in [7, 11) is 0. The average Bonchev–Trinajstić information content (AvgIpc) is 2.66. The van der Waals surface area contributed by atoms with Crippen molar-refractivity contribution < 1.29 is 8.81 Å².